The van der Waals surface area contributed by atoms with Crippen LogP contribution in [-0.4, -0.2) is 42.1 Å². The summed E-state index contributed by atoms with van der Waals surface area (Å²) in [4.78, 5) is 22.9. The second kappa shape index (κ2) is 11.4. The van der Waals surface area contributed by atoms with Gasteiger partial charge in [-0.05, 0) is 43.6 Å². The average molecular weight is 443 g/mol. The van der Waals surface area contributed by atoms with Crippen LogP contribution < -0.4 is 15.0 Å². The van der Waals surface area contributed by atoms with Gasteiger partial charge < -0.3 is 15.0 Å². The first-order chi connectivity index (χ1) is 15.5. The minimum absolute atomic E-state index is 0.0657. The van der Waals surface area contributed by atoms with Crippen LogP contribution in [0.15, 0.2) is 24.5 Å². The van der Waals surface area contributed by atoms with Gasteiger partial charge in [0.25, 0.3) is 5.91 Å². The Bertz CT molecular complexity index is 928. The van der Waals surface area contributed by atoms with E-state index in [0.717, 1.165) is 68.8 Å². The molecule has 1 amide bonds. The van der Waals surface area contributed by atoms with Crippen molar-refractivity contribution in [1.29, 1.82) is 0 Å². The molecule has 2 aromatic rings. The first kappa shape index (κ1) is 23.5. The minimum Gasteiger partial charge on any atom is -0.493 e. The van der Waals surface area contributed by atoms with Gasteiger partial charge in [-0.2, -0.15) is 0 Å². The van der Waals surface area contributed by atoms with Crippen LogP contribution in [0.25, 0.3) is 0 Å². The largest absolute Gasteiger partial charge is 0.493 e. The quantitative estimate of drug-likeness (QED) is 0.473. The Kier molecular flexibility index (Phi) is 8.37. The topological polar surface area (TPSA) is 67.3 Å². The molecule has 170 valence electrons. The maximum Gasteiger partial charge on any atom is 0.258 e. The summed E-state index contributed by atoms with van der Waals surface area (Å²) in [5.41, 5.74) is 0.470. The van der Waals surface area contributed by atoms with Gasteiger partial charge in [0.05, 0.1) is 13.2 Å². The van der Waals surface area contributed by atoms with Crippen molar-refractivity contribution in [3.63, 3.8) is 0 Å². The Balaban J connectivity index is 1.41. The van der Waals surface area contributed by atoms with E-state index in [1.54, 1.807) is 0 Å². The van der Waals surface area contributed by atoms with Crippen LogP contribution in [0, 0.1) is 29.9 Å². The van der Waals surface area contributed by atoms with E-state index < -0.39 is 23.1 Å². The maximum atomic E-state index is 14.2. The number of aryl methyl sites for hydroxylation is 1. The summed E-state index contributed by atoms with van der Waals surface area (Å²) < 4.78 is 33.8. The van der Waals surface area contributed by atoms with Crippen LogP contribution in [0.2, 0.25) is 0 Å². The Morgan fingerprint density at radius 1 is 1.25 bits per heavy atom. The van der Waals surface area contributed by atoms with Crippen LogP contribution in [0.5, 0.6) is 5.75 Å². The van der Waals surface area contributed by atoms with Crippen LogP contribution >= 0.6 is 0 Å². The number of carbonyl (C=O) groups excluding carboxylic acids is 1. The number of nitrogens with one attached hydrogen (secondary N) is 1. The third-order valence-corrected chi connectivity index (χ3v) is 5.62. The fourth-order valence-corrected chi connectivity index (χ4v) is 3.75. The number of aromatic nitrogens is 2. The number of rotatable bonds is 9. The number of amides is 1. The van der Waals surface area contributed by atoms with E-state index in [1.807, 2.05) is 12.4 Å². The van der Waals surface area contributed by atoms with Crippen LogP contribution in [0.3, 0.4) is 0 Å². The van der Waals surface area contributed by atoms with Gasteiger partial charge in [0.2, 0.25) is 5.95 Å². The van der Waals surface area contributed by atoms with Gasteiger partial charge in [-0.25, -0.2) is 18.7 Å². The molecular formula is C24H28F2N4O2. The van der Waals surface area contributed by atoms with Gasteiger partial charge in [0.1, 0.15) is 22.9 Å². The van der Waals surface area contributed by atoms with Crippen molar-refractivity contribution in [2.75, 3.05) is 31.1 Å². The molecule has 0 bridgehead atoms. The number of anilines is 1. The second-order valence-corrected chi connectivity index (χ2v) is 7.81. The molecule has 0 atom stereocenters. The number of piperidine rings is 1. The molecule has 1 aliphatic rings. The molecule has 1 fully saturated rings. The smallest absolute Gasteiger partial charge is 0.258 e. The molecule has 0 unspecified atom stereocenters. The average Bonchev–Trinajstić information content (AvgIpc) is 2.80. The molecule has 8 heteroatoms. The number of carbonyl (C=O) groups is 1. The predicted octanol–water partition coefficient (Wildman–Crippen LogP) is 3.76. The van der Waals surface area contributed by atoms with Crippen molar-refractivity contribution in [3.05, 3.63) is 47.3 Å². The van der Waals surface area contributed by atoms with Gasteiger partial charge in [-0.3, -0.25) is 4.79 Å². The van der Waals surface area contributed by atoms with E-state index >= 15 is 0 Å². The molecule has 0 saturated carbocycles. The number of terminal acetylenes is 1. The summed E-state index contributed by atoms with van der Waals surface area (Å²) in [6.07, 6.45) is 13.6. The highest BCUT2D eigenvalue weighted by molar-refractivity contribution is 5.95. The highest BCUT2D eigenvalue weighted by Crippen LogP contribution is 2.25. The Morgan fingerprint density at radius 2 is 1.91 bits per heavy atom. The van der Waals surface area contributed by atoms with Crippen molar-refractivity contribution < 1.29 is 18.3 Å². The van der Waals surface area contributed by atoms with Crippen molar-refractivity contribution in [2.24, 2.45) is 5.92 Å². The fraction of sp³-hybridized carbons (Fsp3) is 0.458. The summed E-state index contributed by atoms with van der Waals surface area (Å²) in [7, 11) is 0. The van der Waals surface area contributed by atoms with Gasteiger partial charge in [-0.1, -0.05) is 12.8 Å². The first-order valence-corrected chi connectivity index (χ1v) is 10.9. The van der Waals surface area contributed by atoms with Crippen molar-refractivity contribution in [1.82, 2.24) is 15.3 Å². The second-order valence-electron chi connectivity index (χ2n) is 7.81. The zero-order valence-electron chi connectivity index (χ0n) is 18.2. The Morgan fingerprint density at radius 3 is 2.50 bits per heavy atom. The van der Waals surface area contributed by atoms with E-state index in [2.05, 4.69) is 33.0 Å². The van der Waals surface area contributed by atoms with Crippen molar-refractivity contribution >= 4 is 11.9 Å². The van der Waals surface area contributed by atoms with Crippen molar-refractivity contribution in [2.45, 2.75) is 39.0 Å². The van der Waals surface area contributed by atoms with Gasteiger partial charge >= 0.3 is 0 Å². The normalized spacial score (nSPS) is 14.1. The van der Waals surface area contributed by atoms with Gasteiger partial charge in [0.15, 0.2) is 0 Å². The Labute approximate surface area is 187 Å². The molecule has 1 aromatic carbocycles. The summed E-state index contributed by atoms with van der Waals surface area (Å²) in [5, 5.41) is 2.25. The van der Waals surface area contributed by atoms with E-state index in [4.69, 9.17) is 11.2 Å². The molecule has 3 rings (SSSR count). The molecular weight excluding hydrogens is 414 g/mol. The summed E-state index contributed by atoms with van der Waals surface area (Å²) in [6, 6.07) is 2.05. The lowest BCUT2D eigenvalue weighted by molar-refractivity contribution is 0.0950. The van der Waals surface area contributed by atoms with E-state index in [-0.39, 0.29) is 12.3 Å². The highest BCUT2D eigenvalue weighted by Gasteiger charge is 2.21. The van der Waals surface area contributed by atoms with E-state index in [1.165, 1.54) is 0 Å². The van der Waals surface area contributed by atoms with Gasteiger partial charge in [-0.15, -0.1) is 6.42 Å². The van der Waals surface area contributed by atoms with Crippen molar-refractivity contribution in [3.8, 4) is 18.1 Å². The maximum absolute atomic E-state index is 14.2. The molecule has 1 N–H and O–H groups in total. The fourth-order valence-electron chi connectivity index (χ4n) is 3.75. The zero-order chi connectivity index (χ0) is 22.9. The number of nitrogens with zero attached hydrogens (tertiary/aromatic N) is 3. The van der Waals surface area contributed by atoms with E-state index in [9.17, 15) is 13.6 Å². The SMILES string of the molecule is C#CCNC(=O)c1c(F)cc(OCCCC2CCN(c3ncc(CC)cn3)CC2)cc1F. The lowest BCUT2D eigenvalue weighted by Crippen LogP contribution is -2.35. The predicted molar refractivity (Wildman–Crippen MR) is 119 cm³/mol. The number of benzene rings is 1. The van der Waals surface area contributed by atoms with Crippen LogP contribution in [0.1, 0.15) is 48.5 Å². The lowest BCUT2D eigenvalue weighted by Gasteiger charge is -2.32. The minimum atomic E-state index is -0.976. The number of hydrogen-bond acceptors (Lipinski definition) is 5. The Hall–Kier alpha value is -3.21. The molecule has 32 heavy (non-hydrogen) atoms. The van der Waals surface area contributed by atoms with Gasteiger partial charge in [0, 0.05) is 37.6 Å². The monoisotopic (exact) mass is 442 g/mol. The number of ether oxygens (including phenoxy) is 1. The number of halogens is 2. The molecule has 0 aliphatic carbocycles. The number of hydrogen-bond donors (Lipinski definition) is 1. The molecule has 1 aromatic heterocycles. The molecule has 1 aliphatic heterocycles. The highest BCUT2D eigenvalue weighted by atomic mass is 19.1. The first-order valence-electron chi connectivity index (χ1n) is 10.9. The molecule has 0 spiro atoms. The molecule has 1 saturated heterocycles. The molecule has 2 heterocycles. The third kappa shape index (κ3) is 6.16. The van der Waals surface area contributed by atoms with E-state index in [0.29, 0.717) is 12.5 Å². The summed E-state index contributed by atoms with van der Waals surface area (Å²) in [6.45, 7) is 4.15. The summed E-state index contributed by atoms with van der Waals surface area (Å²) in [5.74, 6) is 0.764. The van der Waals surface area contributed by atoms with Crippen LogP contribution in [0.4, 0.5) is 14.7 Å². The standard InChI is InChI=1S/C24H28F2N4O2/c1-3-9-27-23(31)22-20(25)13-19(14-21(22)26)32-12-5-6-18-7-10-30(11-8-18)24-28-15-17(4-2)16-29-24/h1,13-16,18H,4-12H2,2H3,(H,27,31). The summed E-state index contributed by atoms with van der Waals surface area (Å²) >= 11 is 0. The van der Waals surface area contributed by atoms with Crippen LogP contribution in [-0.2, 0) is 6.42 Å². The third-order valence-electron chi connectivity index (χ3n) is 5.62. The molecule has 0 radical (unpaired) electrons. The lowest BCUT2D eigenvalue weighted by atomic mass is 9.92. The molecule has 6 nitrogen and oxygen atoms in total. The zero-order valence-corrected chi connectivity index (χ0v) is 18.2.